The van der Waals surface area contributed by atoms with E-state index < -0.39 is 54.1 Å². The zero-order chi connectivity index (χ0) is 55.2. The molecule has 0 fully saturated rings. The topological polar surface area (TPSA) is 195 Å². The minimum Gasteiger partial charge on any atom is -0.464 e. The number of carbonyl (C=O) groups excluding carboxylic acids is 8. The van der Waals surface area contributed by atoms with Crippen LogP contribution in [0.5, 0.6) is 0 Å². The van der Waals surface area contributed by atoms with Gasteiger partial charge in [-0.15, -0.1) is 0 Å². The number of benzene rings is 2. The summed E-state index contributed by atoms with van der Waals surface area (Å²) in [5.41, 5.74) is 2.15. The predicted molar refractivity (Wildman–Crippen MR) is 280 cm³/mol. The fourth-order valence-corrected chi connectivity index (χ4v) is 5.90. The number of nitrogens with one attached hydrogen (secondary N) is 1. The third-order valence-corrected chi connectivity index (χ3v) is 10.1. The van der Waals surface area contributed by atoms with Crippen molar-refractivity contribution in [3.8, 4) is 0 Å². The summed E-state index contributed by atoms with van der Waals surface area (Å²) in [4.78, 5) is 97.6. The molecule has 71 heavy (non-hydrogen) atoms. The van der Waals surface area contributed by atoms with Crippen LogP contribution in [0.4, 0.5) is 4.79 Å². The van der Waals surface area contributed by atoms with E-state index in [0.29, 0.717) is 56.8 Å². The Morgan fingerprint density at radius 1 is 0.606 bits per heavy atom. The molecule has 4 atom stereocenters. The molecule has 0 aliphatic carbocycles. The Labute approximate surface area is 427 Å². The highest BCUT2D eigenvalue weighted by Crippen LogP contribution is 2.18. The molecule has 16 heteroatoms. The van der Waals surface area contributed by atoms with Crippen LogP contribution < -0.4 is 5.32 Å². The van der Waals surface area contributed by atoms with Crippen molar-refractivity contribution in [2.24, 2.45) is 23.7 Å². The zero-order valence-electron chi connectivity index (χ0n) is 46.6. The van der Waals surface area contributed by atoms with Crippen molar-refractivity contribution in [1.29, 1.82) is 0 Å². The normalized spacial score (nSPS) is 11.9. The van der Waals surface area contributed by atoms with Gasteiger partial charge in [-0.25, -0.2) is 14.4 Å². The fraction of sp³-hybridized carbons (Fsp3) is 0.636. The van der Waals surface area contributed by atoms with Crippen molar-refractivity contribution in [3.63, 3.8) is 0 Å². The van der Waals surface area contributed by atoms with E-state index in [9.17, 15) is 33.6 Å². The van der Waals surface area contributed by atoms with E-state index >= 15 is 0 Å². The summed E-state index contributed by atoms with van der Waals surface area (Å²) in [5.74, 6) is -1.15. The number of amides is 4. The first-order valence-electron chi connectivity index (χ1n) is 24.9. The monoisotopic (exact) mass is 1000 g/mol. The highest BCUT2D eigenvalue weighted by atomic mass is 16.6. The fourth-order valence-electron chi connectivity index (χ4n) is 5.90. The van der Waals surface area contributed by atoms with E-state index in [0.717, 1.165) is 16.0 Å². The summed E-state index contributed by atoms with van der Waals surface area (Å²) < 4.78 is 21.3. The maximum absolute atomic E-state index is 12.9. The maximum Gasteiger partial charge on any atom is 0.418 e. The van der Waals surface area contributed by atoms with Crippen molar-refractivity contribution in [2.75, 3.05) is 41.8 Å². The predicted octanol–water partition coefficient (Wildman–Crippen LogP) is 9.10. The Balaban J connectivity index is -0.00000106. The Hall–Kier alpha value is -5.80. The van der Waals surface area contributed by atoms with Crippen LogP contribution in [0.1, 0.15) is 140 Å². The number of hydrogen-bond donors (Lipinski definition) is 1. The molecule has 1 N–H and O–H groups in total. The number of nitrogens with zero attached hydrogens (tertiary/aromatic N) is 3. The molecule has 0 saturated heterocycles. The van der Waals surface area contributed by atoms with E-state index in [1.165, 1.54) is 23.8 Å². The lowest BCUT2D eigenvalue weighted by atomic mass is 10.0. The maximum atomic E-state index is 12.9. The molecule has 4 amide bonds. The Morgan fingerprint density at radius 2 is 1.03 bits per heavy atom. The van der Waals surface area contributed by atoms with Crippen LogP contribution in [0.2, 0.25) is 0 Å². The van der Waals surface area contributed by atoms with Crippen molar-refractivity contribution >= 4 is 48.2 Å². The van der Waals surface area contributed by atoms with Crippen molar-refractivity contribution in [2.45, 2.75) is 166 Å². The van der Waals surface area contributed by atoms with Gasteiger partial charge in [0.1, 0.15) is 18.2 Å². The lowest BCUT2D eigenvalue weighted by Crippen LogP contribution is -2.48. The summed E-state index contributed by atoms with van der Waals surface area (Å²) >= 11 is 0. The first-order chi connectivity index (χ1) is 33.3. The molecule has 16 nitrogen and oxygen atoms in total. The van der Waals surface area contributed by atoms with Gasteiger partial charge >= 0.3 is 30.0 Å². The number of ether oxygens (including phenoxy) is 4. The second kappa shape index (κ2) is 40.9. The smallest absolute Gasteiger partial charge is 0.418 e. The van der Waals surface area contributed by atoms with Crippen LogP contribution in [0.3, 0.4) is 0 Å². The van der Waals surface area contributed by atoms with Crippen molar-refractivity contribution in [1.82, 2.24) is 20.0 Å². The van der Waals surface area contributed by atoms with Gasteiger partial charge in [0, 0.05) is 67.8 Å². The SMILES string of the molecule is CC.CC(=O)N(C)C.CC(C)CCC(=O)OC(=O)N(C)C(CC(C)C)C(=O)OCCc1ccccc1.CC(C)CCC(=O)OC(C)C(=O)N(C)C(CC(C)C)C(=O)OC(C)Cc1ccccc1.CNC=O. The third kappa shape index (κ3) is 35.9. The summed E-state index contributed by atoms with van der Waals surface area (Å²) in [6, 6.07) is 18.0. The average molecular weight is 1000 g/mol. The quantitative estimate of drug-likeness (QED) is 0.0481. The van der Waals surface area contributed by atoms with E-state index in [4.69, 9.17) is 23.7 Å². The lowest BCUT2D eigenvalue weighted by molar-refractivity contribution is -0.165. The molecule has 2 aromatic rings. The van der Waals surface area contributed by atoms with Gasteiger partial charge in [-0.1, -0.05) is 130 Å². The summed E-state index contributed by atoms with van der Waals surface area (Å²) in [6.07, 6.45) is 2.42. The van der Waals surface area contributed by atoms with Gasteiger partial charge in [0.15, 0.2) is 6.10 Å². The molecule has 4 unspecified atom stereocenters. The molecule has 0 heterocycles. The van der Waals surface area contributed by atoms with Gasteiger partial charge in [-0.2, -0.15) is 0 Å². The molecule has 2 rings (SSSR count). The number of likely N-dealkylation sites (N-methyl/N-ethyl adjacent to an activating group) is 2. The van der Waals surface area contributed by atoms with Crippen molar-refractivity contribution in [3.05, 3.63) is 71.8 Å². The molecule has 0 aliphatic rings. The summed E-state index contributed by atoms with van der Waals surface area (Å²) in [6.45, 7) is 25.1. The Bertz CT molecular complexity index is 1790. The van der Waals surface area contributed by atoms with Gasteiger partial charge in [0.05, 0.1) is 6.61 Å². The second-order valence-corrected chi connectivity index (χ2v) is 18.7. The molecular formula is C55H92N4O12. The van der Waals surface area contributed by atoms with Gasteiger partial charge < -0.3 is 34.1 Å². The van der Waals surface area contributed by atoms with Crippen LogP contribution >= 0.6 is 0 Å². The van der Waals surface area contributed by atoms with Gasteiger partial charge in [0.2, 0.25) is 12.3 Å². The second-order valence-electron chi connectivity index (χ2n) is 18.7. The minimum atomic E-state index is -0.950. The van der Waals surface area contributed by atoms with E-state index in [2.05, 4.69) is 5.32 Å². The van der Waals surface area contributed by atoms with Gasteiger partial charge in [-0.05, 0) is 74.3 Å². The molecule has 0 saturated carbocycles. The standard InChI is InChI=1S/C25H39NO5.C22H33NO5.C4H9NO.C2H5NO.C2H6/c1-17(2)13-14-23(27)31-20(6)24(28)26(7)22(15-18(3)4)25(29)30-19(5)16-21-11-9-8-10-12-21;1-16(2)11-12-20(24)28-22(26)23(5)19(15-17(3)4)21(25)27-14-13-18-9-7-6-8-10-18;1-4(6)5(2)3;1-3-2-4;1-2/h8-12,17-20,22H,13-16H2,1-7H3;6-10,16-17,19H,11-15H2,1-5H3;1-3H3;2H,1H3,(H,3,4);1-2H3. The molecule has 2 aromatic carbocycles. The minimum absolute atomic E-state index is 0.0926. The van der Waals surface area contributed by atoms with Crippen molar-refractivity contribution < 1.29 is 57.3 Å². The zero-order valence-corrected chi connectivity index (χ0v) is 46.6. The lowest BCUT2D eigenvalue weighted by Gasteiger charge is -2.30. The average Bonchev–Trinajstić information content (AvgIpc) is 3.31. The van der Waals surface area contributed by atoms with E-state index in [1.807, 2.05) is 137 Å². The highest BCUT2D eigenvalue weighted by molar-refractivity contribution is 5.89. The number of esters is 4. The van der Waals surface area contributed by atoms with Gasteiger partial charge in [-0.3, -0.25) is 28.9 Å². The van der Waals surface area contributed by atoms with Crippen LogP contribution in [0, 0.1) is 23.7 Å². The third-order valence-electron chi connectivity index (χ3n) is 10.1. The number of carbonyl (C=O) groups is 8. The van der Waals surface area contributed by atoms with Crippen LogP contribution in [0.25, 0.3) is 0 Å². The first-order valence-corrected chi connectivity index (χ1v) is 24.9. The molecule has 0 radical (unpaired) electrons. The molecule has 0 spiro atoms. The van der Waals surface area contributed by atoms with Crippen LogP contribution in [0.15, 0.2) is 60.7 Å². The Morgan fingerprint density at radius 3 is 1.44 bits per heavy atom. The highest BCUT2D eigenvalue weighted by Gasteiger charge is 2.34. The van der Waals surface area contributed by atoms with Gasteiger partial charge in [0.25, 0.3) is 5.91 Å². The largest absolute Gasteiger partial charge is 0.464 e. The first kappa shape index (κ1) is 69.5. The molecule has 0 aliphatic heterocycles. The number of rotatable bonds is 23. The molecule has 0 aromatic heterocycles. The molecule has 0 bridgehead atoms. The molecular weight excluding hydrogens is 909 g/mol. The van der Waals surface area contributed by atoms with E-state index in [-0.39, 0.29) is 43.3 Å². The molecule has 404 valence electrons. The number of hydrogen-bond acceptors (Lipinski definition) is 12. The Kier molecular flexibility index (Phi) is 40.0. The van der Waals surface area contributed by atoms with Crippen LogP contribution in [-0.4, -0.2) is 129 Å². The van der Waals surface area contributed by atoms with Crippen LogP contribution in [-0.2, 0) is 65.4 Å². The summed E-state index contributed by atoms with van der Waals surface area (Å²) in [5, 5.41) is 2.25. The van der Waals surface area contributed by atoms with E-state index in [1.54, 1.807) is 35.1 Å². The summed E-state index contributed by atoms with van der Waals surface area (Å²) in [7, 11) is 8.04.